The Bertz CT molecular complexity index is 892. The number of rotatable bonds is 5. The first-order chi connectivity index (χ1) is 12.0. The molecule has 0 saturated carbocycles. The van der Waals surface area contributed by atoms with E-state index in [4.69, 9.17) is 4.42 Å². The summed E-state index contributed by atoms with van der Waals surface area (Å²) in [5.41, 5.74) is 1.73. The number of nitrogens with one attached hydrogen (secondary N) is 1. The maximum Gasteiger partial charge on any atom is 0.251 e. The number of amides is 1. The molecule has 0 aliphatic heterocycles. The molecule has 0 saturated heterocycles. The monoisotopic (exact) mass is 342 g/mol. The molecule has 0 unspecified atom stereocenters. The predicted molar refractivity (Wildman–Crippen MR) is 89.1 cm³/mol. The molecule has 3 aromatic rings. The standard InChI is InChI=1S/C19H16F2N2O2/c1-12-23-18(13-5-3-2-4-6-13)17(25-12)9-10-22-19(24)14-7-8-15(20)16(21)11-14/h2-8,11H,9-10H2,1H3,(H,22,24). The number of hydrogen-bond donors (Lipinski definition) is 1. The van der Waals surface area contributed by atoms with E-state index >= 15 is 0 Å². The van der Waals surface area contributed by atoms with Crippen molar-refractivity contribution >= 4 is 5.91 Å². The zero-order valence-corrected chi connectivity index (χ0v) is 13.6. The lowest BCUT2D eigenvalue weighted by molar-refractivity contribution is 0.0953. The molecule has 0 bridgehead atoms. The Morgan fingerprint density at radius 3 is 2.60 bits per heavy atom. The molecule has 25 heavy (non-hydrogen) atoms. The van der Waals surface area contributed by atoms with Crippen molar-refractivity contribution in [2.24, 2.45) is 0 Å². The molecule has 3 rings (SSSR count). The second-order valence-electron chi connectivity index (χ2n) is 5.51. The maximum atomic E-state index is 13.2. The highest BCUT2D eigenvalue weighted by molar-refractivity contribution is 5.94. The van der Waals surface area contributed by atoms with Crippen molar-refractivity contribution in [3.05, 3.63) is 77.4 Å². The zero-order valence-electron chi connectivity index (χ0n) is 13.6. The normalized spacial score (nSPS) is 10.7. The summed E-state index contributed by atoms with van der Waals surface area (Å²) >= 11 is 0. The molecule has 0 fully saturated rings. The zero-order chi connectivity index (χ0) is 17.8. The van der Waals surface area contributed by atoms with Crippen LogP contribution >= 0.6 is 0 Å². The Morgan fingerprint density at radius 1 is 1.12 bits per heavy atom. The van der Waals surface area contributed by atoms with Crippen LogP contribution in [0.1, 0.15) is 22.0 Å². The summed E-state index contributed by atoms with van der Waals surface area (Å²) in [6, 6.07) is 12.6. The smallest absolute Gasteiger partial charge is 0.251 e. The van der Waals surface area contributed by atoms with Gasteiger partial charge in [-0.05, 0) is 18.2 Å². The summed E-state index contributed by atoms with van der Waals surface area (Å²) < 4.78 is 31.7. The Balaban J connectivity index is 1.66. The Morgan fingerprint density at radius 2 is 1.88 bits per heavy atom. The van der Waals surface area contributed by atoms with E-state index in [1.807, 2.05) is 30.3 Å². The average molecular weight is 342 g/mol. The number of nitrogens with zero attached hydrogens (tertiary/aromatic N) is 1. The number of carbonyl (C=O) groups excluding carboxylic acids is 1. The number of aryl methyl sites for hydroxylation is 1. The van der Waals surface area contributed by atoms with Gasteiger partial charge < -0.3 is 9.73 Å². The molecule has 0 aliphatic rings. The van der Waals surface area contributed by atoms with Crippen molar-refractivity contribution in [1.82, 2.24) is 10.3 Å². The molecule has 1 N–H and O–H groups in total. The van der Waals surface area contributed by atoms with Gasteiger partial charge in [0.1, 0.15) is 11.5 Å². The van der Waals surface area contributed by atoms with E-state index < -0.39 is 17.5 Å². The molecule has 0 spiro atoms. The molecule has 1 aromatic heterocycles. The summed E-state index contributed by atoms with van der Waals surface area (Å²) in [5, 5.41) is 2.67. The third-order valence-corrected chi connectivity index (χ3v) is 3.67. The van der Waals surface area contributed by atoms with Gasteiger partial charge in [-0.2, -0.15) is 0 Å². The third kappa shape index (κ3) is 3.91. The average Bonchev–Trinajstić information content (AvgIpc) is 2.98. The minimum absolute atomic E-state index is 0.0657. The van der Waals surface area contributed by atoms with Crippen molar-refractivity contribution in [2.45, 2.75) is 13.3 Å². The van der Waals surface area contributed by atoms with Gasteiger partial charge in [-0.1, -0.05) is 30.3 Å². The topological polar surface area (TPSA) is 55.1 Å². The van der Waals surface area contributed by atoms with Gasteiger partial charge in [-0.15, -0.1) is 0 Å². The Kier molecular flexibility index (Phi) is 4.88. The van der Waals surface area contributed by atoms with Gasteiger partial charge in [0.15, 0.2) is 17.5 Å². The van der Waals surface area contributed by atoms with E-state index in [2.05, 4.69) is 10.3 Å². The number of benzene rings is 2. The van der Waals surface area contributed by atoms with Crippen LogP contribution in [0.15, 0.2) is 52.9 Å². The second-order valence-corrected chi connectivity index (χ2v) is 5.51. The molecule has 1 amide bonds. The van der Waals surface area contributed by atoms with Gasteiger partial charge in [-0.25, -0.2) is 13.8 Å². The quantitative estimate of drug-likeness (QED) is 0.765. The van der Waals surface area contributed by atoms with Crippen LogP contribution in [0.2, 0.25) is 0 Å². The highest BCUT2D eigenvalue weighted by Crippen LogP contribution is 2.23. The van der Waals surface area contributed by atoms with Crippen LogP contribution in [-0.4, -0.2) is 17.4 Å². The van der Waals surface area contributed by atoms with E-state index in [0.29, 0.717) is 18.1 Å². The van der Waals surface area contributed by atoms with E-state index in [0.717, 1.165) is 23.4 Å². The molecule has 0 aliphatic carbocycles. The predicted octanol–water partition coefficient (Wildman–Crippen LogP) is 3.90. The minimum Gasteiger partial charge on any atom is -0.445 e. The van der Waals surface area contributed by atoms with Crippen molar-refractivity contribution in [2.75, 3.05) is 6.54 Å². The van der Waals surface area contributed by atoms with Crippen LogP contribution in [0.4, 0.5) is 8.78 Å². The van der Waals surface area contributed by atoms with E-state index in [1.54, 1.807) is 6.92 Å². The fourth-order valence-corrected chi connectivity index (χ4v) is 2.49. The first-order valence-electron chi connectivity index (χ1n) is 7.79. The molecule has 6 heteroatoms. The van der Waals surface area contributed by atoms with Gasteiger partial charge in [0.25, 0.3) is 5.91 Å². The van der Waals surface area contributed by atoms with Crippen molar-refractivity contribution in [3.8, 4) is 11.3 Å². The fourth-order valence-electron chi connectivity index (χ4n) is 2.49. The molecule has 0 atom stereocenters. The molecule has 4 nitrogen and oxygen atoms in total. The number of aromatic nitrogens is 1. The first-order valence-corrected chi connectivity index (χ1v) is 7.79. The number of hydrogen-bond acceptors (Lipinski definition) is 3. The van der Waals surface area contributed by atoms with Crippen LogP contribution in [0.3, 0.4) is 0 Å². The summed E-state index contributed by atoms with van der Waals surface area (Å²) in [4.78, 5) is 16.4. The lowest BCUT2D eigenvalue weighted by atomic mass is 10.1. The molecule has 1 heterocycles. The van der Waals surface area contributed by atoms with E-state index in [-0.39, 0.29) is 12.1 Å². The van der Waals surface area contributed by atoms with E-state index in [1.165, 1.54) is 6.07 Å². The Labute approximate surface area is 143 Å². The van der Waals surface area contributed by atoms with Crippen molar-refractivity contribution in [1.29, 1.82) is 0 Å². The van der Waals surface area contributed by atoms with Gasteiger partial charge in [-0.3, -0.25) is 4.79 Å². The van der Waals surface area contributed by atoms with E-state index in [9.17, 15) is 13.6 Å². The summed E-state index contributed by atoms with van der Waals surface area (Å²) in [7, 11) is 0. The van der Waals surface area contributed by atoms with Crippen LogP contribution in [0, 0.1) is 18.6 Å². The second kappa shape index (κ2) is 7.25. The number of oxazole rings is 1. The lowest BCUT2D eigenvalue weighted by Gasteiger charge is -2.05. The minimum atomic E-state index is -1.05. The van der Waals surface area contributed by atoms with Crippen LogP contribution in [-0.2, 0) is 6.42 Å². The summed E-state index contributed by atoms with van der Waals surface area (Å²) in [5.74, 6) is -1.31. The molecule has 0 radical (unpaired) electrons. The van der Waals surface area contributed by atoms with Crippen LogP contribution in [0.25, 0.3) is 11.3 Å². The molecular weight excluding hydrogens is 326 g/mol. The molecule has 128 valence electrons. The summed E-state index contributed by atoms with van der Waals surface area (Å²) in [6.07, 6.45) is 0.431. The van der Waals surface area contributed by atoms with Crippen molar-refractivity contribution in [3.63, 3.8) is 0 Å². The first kappa shape index (κ1) is 16.8. The molecule has 2 aromatic carbocycles. The molecular formula is C19H16F2N2O2. The highest BCUT2D eigenvalue weighted by Gasteiger charge is 2.14. The highest BCUT2D eigenvalue weighted by atomic mass is 19.2. The SMILES string of the molecule is Cc1nc(-c2ccccc2)c(CCNC(=O)c2ccc(F)c(F)c2)o1. The number of carbonyl (C=O) groups is 1. The van der Waals surface area contributed by atoms with Gasteiger partial charge in [0, 0.05) is 31.0 Å². The lowest BCUT2D eigenvalue weighted by Crippen LogP contribution is -2.25. The number of halogens is 2. The summed E-state index contributed by atoms with van der Waals surface area (Å²) in [6.45, 7) is 2.04. The van der Waals surface area contributed by atoms with Gasteiger partial charge >= 0.3 is 0 Å². The third-order valence-electron chi connectivity index (χ3n) is 3.67. The largest absolute Gasteiger partial charge is 0.445 e. The van der Waals surface area contributed by atoms with Crippen LogP contribution in [0.5, 0.6) is 0 Å². The van der Waals surface area contributed by atoms with Crippen LogP contribution < -0.4 is 5.32 Å². The van der Waals surface area contributed by atoms with Crippen molar-refractivity contribution < 1.29 is 18.0 Å². The fraction of sp³-hybridized carbons (Fsp3) is 0.158. The maximum absolute atomic E-state index is 13.2. The van der Waals surface area contributed by atoms with Gasteiger partial charge in [0.05, 0.1) is 0 Å². The Hall–Kier alpha value is -3.02. The van der Waals surface area contributed by atoms with Gasteiger partial charge in [0.2, 0.25) is 0 Å².